The summed E-state index contributed by atoms with van der Waals surface area (Å²) in [6.45, 7) is 8.78. The van der Waals surface area contributed by atoms with Crippen LogP contribution in [0.2, 0.25) is 0 Å². The molecule has 0 saturated heterocycles. The predicted octanol–water partition coefficient (Wildman–Crippen LogP) is 6.81. The molecule has 2 heteroatoms. The molecule has 0 unspecified atom stereocenters. The molecule has 0 radical (unpaired) electrons. The highest BCUT2D eigenvalue weighted by molar-refractivity contribution is 6.15. The van der Waals surface area contributed by atoms with Crippen LogP contribution in [0.4, 0.5) is 5.69 Å². The maximum atomic E-state index is 10.5. The Morgan fingerprint density at radius 3 is 1.81 bits per heavy atom. The summed E-state index contributed by atoms with van der Waals surface area (Å²) in [6, 6.07) is 23.9. The summed E-state index contributed by atoms with van der Waals surface area (Å²) >= 11 is 0. The number of aromatic hydroxyl groups is 1. The van der Waals surface area contributed by atoms with E-state index in [1.54, 1.807) is 6.07 Å². The van der Waals surface area contributed by atoms with E-state index in [0.29, 0.717) is 11.8 Å². The first-order valence-corrected chi connectivity index (χ1v) is 9.54. The van der Waals surface area contributed by atoms with Crippen LogP contribution < -0.4 is 0 Å². The van der Waals surface area contributed by atoms with Gasteiger partial charge in [0.05, 0.1) is 11.4 Å². The average molecular weight is 357 g/mol. The number of phenolic OH excluding ortho intramolecular Hbond substituents is 1. The van der Waals surface area contributed by atoms with Gasteiger partial charge < -0.3 is 5.11 Å². The van der Waals surface area contributed by atoms with Crippen LogP contribution in [-0.2, 0) is 0 Å². The van der Waals surface area contributed by atoms with Gasteiger partial charge >= 0.3 is 0 Å². The van der Waals surface area contributed by atoms with Crippen molar-refractivity contribution >= 4 is 11.4 Å². The molecule has 0 aliphatic heterocycles. The predicted molar refractivity (Wildman–Crippen MR) is 114 cm³/mol. The zero-order valence-corrected chi connectivity index (χ0v) is 16.5. The monoisotopic (exact) mass is 357 g/mol. The quantitative estimate of drug-likeness (QED) is 0.500. The van der Waals surface area contributed by atoms with E-state index in [1.807, 2.05) is 48.5 Å². The molecule has 27 heavy (non-hydrogen) atoms. The van der Waals surface area contributed by atoms with Gasteiger partial charge in [0.15, 0.2) is 0 Å². The number of benzene rings is 3. The third kappa shape index (κ3) is 4.11. The van der Waals surface area contributed by atoms with Crippen molar-refractivity contribution in [1.82, 2.24) is 0 Å². The van der Waals surface area contributed by atoms with Crippen molar-refractivity contribution in [3.8, 4) is 5.75 Å². The van der Waals surface area contributed by atoms with E-state index < -0.39 is 0 Å². The van der Waals surface area contributed by atoms with Crippen LogP contribution in [-0.4, -0.2) is 10.8 Å². The number of nitrogens with zero attached hydrogens (tertiary/aromatic N) is 1. The Kier molecular flexibility index (Phi) is 5.75. The molecule has 3 aromatic rings. The second-order valence-electron chi connectivity index (χ2n) is 7.44. The highest BCUT2D eigenvalue weighted by Crippen LogP contribution is 2.36. The van der Waals surface area contributed by atoms with E-state index in [2.05, 4.69) is 45.9 Å². The SMILES string of the molecule is CC(C)c1cccc(C(C)C)c1N=C(c1ccccc1)c1ccccc1O. The molecular formula is C25H27NO. The molecule has 2 nitrogen and oxygen atoms in total. The van der Waals surface area contributed by atoms with Crippen molar-refractivity contribution in [2.75, 3.05) is 0 Å². The number of rotatable bonds is 5. The maximum absolute atomic E-state index is 10.5. The second kappa shape index (κ2) is 8.22. The van der Waals surface area contributed by atoms with Gasteiger partial charge in [-0.1, -0.05) is 88.4 Å². The molecule has 0 amide bonds. The lowest BCUT2D eigenvalue weighted by Gasteiger charge is -2.18. The normalized spacial score (nSPS) is 12.0. The minimum Gasteiger partial charge on any atom is -0.507 e. The van der Waals surface area contributed by atoms with Crippen LogP contribution in [0.3, 0.4) is 0 Å². The molecule has 3 rings (SSSR count). The molecule has 0 saturated carbocycles. The third-order valence-electron chi connectivity index (χ3n) is 4.77. The van der Waals surface area contributed by atoms with Crippen molar-refractivity contribution < 1.29 is 5.11 Å². The largest absolute Gasteiger partial charge is 0.507 e. The summed E-state index contributed by atoms with van der Waals surface area (Å²) in [6.07, 6.45) is 0. The molecule has 0 aliphatic rings. The highest BCUT2D eigenvalue weighted by Gasteiger charge is 2.17. The average Bonchev–Trinajstić information content (AvgIpc) is 2.67. The van der Waals surface area contributed by atoms with Crippen molar-refractivity contribution in [2.24, 2.45) is 4.99 Å². The van der Waals surface area contributed by atoms with E-state index in [1.165, 1.54) is 11.1 Å². The topological polar surface area (TPSA) is 32.6 Å². The smallest absolute Gasteiger partial charge is 0.124 e. The lowest BCUT2D eigenvalue weighted by atomic mass is 9.92. The Bertz CT molecular complexity index is 913. The number of phenols is 1. The Hall–Kier alpha value is -2.87. The Labute approximate surface area is 162 Å². The lowest BCUT2D eigenvalue weighted by molar-refractivity contribution is 0.474. The van der Waals surface area contributed by atoms with Gasteiger partial charge in [-0.15, -0.1) is 0 Å². The molecule has 138 valence electrons. The summed E-state index contributed by atoms with van der Waals surface area (Å²) in [5.41, 5.74) is 6.01. The zero-order valence-electron chi connectivity index (χ0n) is 16.5. The van der Waals surface area contributed by atoms with E-state index in [0.717, 1.165) is 22.5 Å². The molecule has 0 atom stereocenters. The minimum absolute atomic E-state index is 0.244. The van der Waals surface area contributed by atoms with E-state index in [-0.39, 0.29) is 5.75 Å². The number of para-hydroxylation sites is 2. The van der Waals surface area contributed by atoms with Crippen LogP contribution in [0.25, 0.3) is 0 Å². The van der Waals surface area contributed by atoms with Gasteiger partial charge in [-0.2, -0.15) is 0 Å². The molecule has 0 bridgehead atoms. The molecule has 0 spiro atoms. The summed E-state index contributed by atoms with van der Waals surface area (Å²) in [5.74, 6) is 0.973. The van der Waals surface area contributed by atoms with Crippen LogP contribution in [0.5, 0.6) is 5.75 Å². The van der Waals surface area contributed by atoms with Crippen molar-refractivity contribution in [3.05, 3.63) is 95.1 Å². The molecule has 0 aromatic heterocycles. The van der Waals surface area contributed by atoms with Gasteiger partial charge in [0.1, 0.15) is 5.75 Å². The first kappa shape index (κ1) is 18.9. The molecular weight excluding hydrogens is 330 g/mol. The van der Waals surface area contributed by atoms with Gasteiger partial charge in [0.2, 0.25) is 0 Å². The summed E-state index contributed by atoms with van der Waals surface area (Å²) in [5, 5.41) is 10.5. The van der Waals surface area contributed by atoms with Crippen LogP contribution in [0.1, 0.15) is 61.8 Å². The first-order chi connectivity index (χ1) is 13.0. The Morgan fingerprint density at radius 2 is 1.26 bits per heavy atom. The number of hydrogen-bond acceptors (Lipinski definition) is 2. The summed E-state index contributed by atoms with van der Waals surface area (Å²) < 4.78 is 0. The molecule has 3 aromatic carbocycles. The van der Waals surface area contributed by atoms with Crippen LogP contribution in [0.15, 0.2) is 77.8 Å². The fourth-order valence-electron chi connectivity index (χ4n) is 3.30. The van der Waals surface area contributed by atoms with Gasteiger partial charge in [-0.05, 0) is 35.1 Å². The molecule has 0 heterocycles. The second-order valence-corrected chi connectivity index (χ2v) is 7.44. The van der Waals surface area contributed by atoms with Crippen LogP contribution >= 0.6 is 0 Å². The minimum atomic E-state index is 0.244. The molecule has 0 fully saturated rings. The maximum Gasteiger partial charge on any atom is 0.124 e. The third-order valence-corrected chi connectivity index (χ3v) is 4.77. The lowest BCUT2D eigenvalue weighted by Crippen LogP contribution is -2.05. The fourth-order valence-corrected chi connectivity index (χ4v) is 3.30. The van der Waals surface area contributed by atoms with E-state index >= 15 is 0 Å². The zero-order chi connectivity index (χ0) is 19.4. The fraction of sp³-hybridized carbons (Fsp3) is 0.240. The standard InChI is InChI=1S/C25H27NO/c1-17(2)20-14-10-15-21(18(3)4)25(20)26-24(19-11-6-5-7-12-19)22-13-8-9-16-23(22)27/h5-18,27H,1-4H3. The van der Waals surface area contributed by atoms with Crippen LogP contribution in [0, 0.1) is 0 Å². The van der Waals surface area contributed by atoms with Gasteiger partial charge in [0.25, 0.3) is 0 Å². The number of aliphatic imine (C=N–C) groups is 1. The van der Waals surface area contributed by atoms with Crippen molar-refractivity contribution in [1.29, 1.82) is 0 Å². The molecule has 1 N–H and O–H groups in total. The summed E-state index contributed by atoms with van der Waals surface area (Å²) in [4.78, 5) is 5.16. The Balaban J connectivity index is 2.32. The first-order valence-electron chi connectivity index (χ1n) is 9.54. The highest BCUT2D eigenvalue weighted by atomic mass is 16.3. The van der Waals surface area contributed by atoms with E-state index in [9.17, 15) is 5.11 Å². The van der Waals surface area contributed by atoms with Gasteiger partial charge in [-0.25, -0.2) is 4.99 Å². The van der Waals surface area contributed by atoms with Gasteiger partial charge in [0, 0.05) is 11.1 Å². The van der Waals surface area contributed by atoms with Gasteiger partial charge in [-0.3, -0.25) is 0 Å². The Morgan fingerprint density at radius 1 is 0.704 bits per heavy atom. The summed E-state index contributed by atoms with van der Waals surface area (Å²) in [7, 11) is 0. The number of hydrogen-bond donors (Lipinski definition) is 1. The van der Waals surface area contributed by atoms with Crippen molar-refractivity contribution in [2.45, 2.75) is 39.5 Å². The molecule has 0 aliphatic carbocycles. The van der Waals surface area contributed by atoms with E-state index in [4.69, 9.17) is 4.99 Å². The van der Waals surface area contributed by atoms with Crippen molar-refractivity contribution in [3.63, 3.8) is 0 Å².